The average Bonchev–Trinajstić information content (AvgIpc) is 2.18. The highest BCUT2D eigenvalue weighted by Gasteiger charge is 2.43. The summed E-state index contributed by atoms with van der Waals surface area (Å²) in [6.45, 7) is 0.687. The van der Waals surface area contributed by atoms with Crippen LogP contribution in [-0.4, -0.2) is 63.6 Å². The van der Waals surface area contributed by atoms with Crippen molar-refractivity contribution >= 4 is 5.91 Å². The van der Waals surface area contributed by atoms with Gasteiger partial charge in [-0.05, 0) is 0 Å². The molecule has 0 aromatic carbocycles. The Morgan fingerprint density at radius 1 is 1.33 bits per heavy atom. The summed E-state index contributed by atoms with van der Waals surface area (Å²) in [5.74, 6) is -0.462. The molecule has 1 rings (SSSR count). The van der Waals surface area contributed by atoms with E-state index in [4.69, 9.17) is 9.84 Å². The lowest BCUT2D eigenvalue weighted by Gasteiger charge is -2.40. The van der Waals surface area contributed by atoms with Crippen LogP contribution in [0, 0.1) is 0 Å². The molecule has 0 bridgehead atoms. The predicted octanol–water partition coefficient (Wildman–Crippen LogP) is -3.08. The SMILES string of the molecule is CC(=O)N[C@@H]1C(O)O[C@@H](CO)[C@H](O)[C@H]1O. The highest BCUT2D eigenvalue weighted by molar-refractivity contribution is 5.73. The maximum atomic E-state index is 10.7. The van der Waals surface area contributed by atoms with Crippen molar-refractivity contribution in [2.45, 2.75) is 37.6 Å². The number of carbonyl (C=O) groups excluding carboxylic acids is 1. The molecular weight excluding hydrogens is 206 g/mol. The van der Waals surface area contributed by atoms with E-state index < -0.39 is 43.2 Å². The fourth-order valence-electron chi connectivity index (χ4n) is 1.49. The Morgan fingerprint density at radius 3 is 2.40 bits per heavy atom. The lowest BCUT2D eigenvalue weighted by molar-refractivity contribution is -0.253. The van der Waals surface area contributed by atoms with Gasteiger partial charge in [-0.15, -0.1) is 0 Å². The van der Waals surface area contributed by atoms with Gasteiger partial charge < -0.3 is 30.5 Å². The second kappa shape index (κ2) is 4.86. The van der Waals surface area contributed by atoms with Crippen LogP contribution in [0.2, 0.25) is 0 Å². The number of aliphatic hydroxyl groups excluding tert-OH is 4. The molecule has 1 amide bonds. The van der Waals surface area contributed by atoms with Crippen molar-refractivity contribution in [1.82, 2.24) is 5.32 Å². The van der Waals surface area contributed by atoms with Crippen LogP contribution in [0.15, 0.2) is 0 Å². The number of aliphatic hydroxyl groups is 4. The number of rotatable bonds is 2. The van der Waals surface area contributed by atoms with Crippen molar-refractivity contribution in [3.8, 4) is 0 Å². The normalized spacial score (nSPS) is 41.3. The van der Waals surface area contributed by atoms with Gasteiger partial charge in [0.1, 0.15) is 24.4 Å². The van der Waals surface area contributed by atoms with Gasteiger partial charge in [-0.3, -0.25) is 4.79 Å². The van der Waals surface area contributed by atoms with Crippen LogP contribution < -0.4 is 5.32 Å². The molecule has 1 aliphatic heterocycles. The van der Waals surface area contributed by atoms with Gasteiger partial charge in [-0.2, -0.15) is 0 Å². The summed E-state index contributed by atoms with van der Waals surface area (Å²) in [5.41, 5.74) is 0. The van der Waals surface area contributed by atoms with E-state index in [2.05, 4.69) is 5.32 Å². The molecule has 0 aromatic heterocycles. The maximum Gasteiger partial charge on any atom is 0.217 e. The first-order chi connectivity index (χ1) is 6.97. The Kier molecular flexibility index (Phi) is 4.00. The van der Waals surface area contributed by atoms with Gasteiger partial charge in [0.15, 0.2) is 6.29 Å². The largest absolute Gasteiger partial charge is 0.394 e. The first-order valence-electron chi connectivity index (χ1n) is 4.55. The second-order valence-corrected chi connectivity index (χ2v) is 3.46. The summed E-state index contributed by atoms with van der Waals surface area (Å²) in [4.78, 5) is 10.7. The summed E-state index contributed by atoms with van der Waals surface area (Å²) in [7, 11) is 0. The van der Waals surface area contributed by atoms with Crippen LogP contribution in [0.1, 0.15) is 6.92 Å². The van der Waals surface area contributed by atoms with E-state index >= 15 is 0 Å². The summed E-state index contributed by atoms with van der Waals surface area (Å²) in [6, 6.07) is -1.10. The van der Waals surface area contributed by atoms with E-state index in [0.29, 0.717) is 0 Å². The molecule has 1 unspecified atom stereocenters. The molecule has 0 aromatic rings. The lowest BCUT2D eigenvalue weighted by Crippen LogP contribution is -2.63. The number of hydrogen-bond donors (Lipinski definition) is 5. The van der Waals surface area contributed by atoms with Crippen LogP contribution in [-0.2, 0) is 9.53 Å². The van der Waals surface area contributed by atoms with Crippen molar-refractivity contribution in [2.75, 3.05) is 6.61 Å². The first-order valence-corrected chi connectivity index (χ1v) is 4.55. The topological polar surface area (TPSA) is 119 Å². The van der Waals surface area contributed by atoms with E-state index in [1.54, 1.807) is 0 Å². The van der Waals surface area contributed by atoms with Crippen molar-refractivity contribution < 1.29 is 30.0 Å². The van der Waals surface area contributed by atoms with Crippen LogP contribution in [0.25, 0.3) is 0 Å². The lowest BCUT2D eigenvalue weighted by atomic mass is 9.97. The standard InChI is InChI=1S/C8H15NO6/c1-3(11)9-5-7(13)6(12)4(2-10)15-8(5)14/h4-8,10,12-14H,2H2,1H3,(H,9,11)/t4-,5-,6-,7-,8?/m0/s1. The monoisotopic (exact) mass is 221 g/mol. The molecule has 1 fully saturated rings. The van der Waals surface area contributed by atoms with E-state index in [1.807, 2.05) is 0 Å². The predicted molar refractivity (Wildman–Crippen MR) is 47.6 cm³/mol. The Labute approximate surface area is 86.3 Å². The third kappa shape index (κ3) is 2.64. The van der Waals surface area contributed by atoms with Crippen LogP contribution in [0.5, 0.6) is 0 Å². The Morgan fingerprint density at radius 2 is 1.93 bits per heavy atom. The smallest absolute Gasteiger partial charge is 0.217 e. The van der Waals surface area contributed by atoms with E-state index in [9.17, 15) is 20.1 Å². The van der Waals surface area contributed by atoms with E-state index in [1.165, 1.54) is 6.92 Å². The molecule has 0 spiro atoms. The summed E-state index contributed by atoms with van der Waals surface area (Å²) < 4.78 is 4.81. The zero-order valence-corrected chi connectivity index (χ0v) is 8.20. The maximum absolute atomic E-state index is 10.7. The fourth-order valence-corrected chi connectivity index (χ4v) is 1.49. The second-order valence-electron chi connectivity index (χ2n) is 3.46. The average molecular weight is 221 g/mol. The molecule has 5 atom stereocenters. The third-order valence-corrected chi connectivity index (χ3v) is 2.27. The molecule has 7 heteroatoms. The zero-order chi connectivity index (χ0) is 11.6. The number of hydrogen-bond acceptors (Lipinski definition) is 6. The molecule has 1 aliphatic rings. The van der Waals surface area contributed by atoms with Crippen molar-refractivity contribution in [3.63, 3.8) is 0 Å². The minimum absolute atomic E-state index is 0.462. The summed E-state index contributed by atoms with van der Waals surface area (Å²) in [5, 5.41) is 39.4. The van der Waals surface area contributed by atoms with Crippen molar-refractivity contribution in [3.05, 3.63) is 0 Å². The first kappa shape index (κ1) is 12.3. The summed E-state index contributed by atoms with van der Waals surface area (Å²) >= 11 is 0. The van der Waals surface area contributed by atoms with Crippen LogP contribution in [0.3, 0.4) is 0 Å². The molecule has 15 heavy (non-hydrogen) atoms. The quantitative estimate of drug-likeness (QED) is 0.337. The zero-order valence-electron chi connectivity index (χ0n) is 8.20. The molecule has 0 saturated carbocycles. The highest BCUT2D eigenvalue weighted by atomic mass is 16.6. The minimum Gasteiger partial charge on any atom is -0.394 e. The minimum atomic E-state index is -1.45. The third-order valence-electron chi connectivity index (χ3n) is 2.27. The van der Waals surface area contributed by atoms with Gasteiger partial charge >= 0.3 is 0 Å². The number of nitrogens with one attached hydrogen (secondary N) is 1. The molecule has 1 heterocycles. The van der Waals surface area contributed by atoms with E-state index in [0.717, 1.165) is 0 Å². The molecule has 0 aliphatic carbocycles. The Hall–Kier alpha value is -0.730. The Balaban J connectivity index is 2.70. The molecule has 5 N–H and O–H groups in total. The highest BCUT2D eigenvalue weighted by Crippen LogP contribution is 2.19. The number of ether oxygens (including phenoxy) is 1. The molecule has 7 nitrogen and oxygen atoms in total. The molecular formula is C8H15NO6. The molecule has 88 valence electrons. The van der Waals surface area contributed by atoms with Crippen molar-refractivity contribution in [1.29, 1.82) is 0 Å². The number of amides is 1. The van der Waals surface area contributed by atoms with Gasteiger partial charge in [0.05, 0.1) is 6.61 Å². The van der Waals surface area contributed by atoms with Crippen LogP contribution >= 0.6 is 0 Å². The van der Waals surface area contributed by atoms with Crippen LogP contribution in [0.4, 0.5) is 0 Å². The van der Waals surface area contributed by atoms with E-state index in [-0.39, 0.29) is 0 Å². The van der Waals surface area contributed by atoms with Gasteiger partial charge in [0.2, 0.25) is 5.91 Å². The van der Waals surface area contributed by atoms with Gasteiger partial charge in [0, 0.05) is 6.92 Å². The van der Waals surface area contributed by atoms with Crippen molar-refractivity contribution in [2.24, 2.45) is 0 Å². The molecule has 0 radical (unpaired) electrons. The summed E-state index contributed by atoms with van der Waals surface area (Å²) in [6.07, 6.45) is -5.24. The van der Waals surface area contributed by atoms with Gasteiger partial charge in [0.25, 0.3) is 0 Å². The van der Waals surface area contributed by atoms with Gasteiger partial charge in [-0.25, -0.2) is 0 Å². The fraction of sp³-hybridized carbons (Fsp3) is 0.875. The Bertz CT molecular complexity index is 235. The number of carbonyl (C=O) groups is 1. The molecule has 1 saturated heterocycles. The van der Waals surface area contributed by atoms with Gasteiger partial charge in [-0.1, -0.05) is 0 Å².